The summed E-state index contributed by atoms with van der Waals surface area (Å²) in [6, 6.07) is 19.4. The van der Waals surface area contributed by atoms with Crippen LogP contribution in [0.2, 0.25) is 0 Å². The van der Waals surface area contributed by atoms with E-state index in [-0.39, 0.29) is 18.4 Å². The first kappa shape index (κ1) is 15.6. The van der Waals surface area contributed by atoms with Gasteiger partial charge in [0.25, 0.3) is 0 Å². The summed E-state index contributed by atoms with van der Waals surface area (Å²) in [6.45, 7) is 3.11. The van der Waals surface area contributed by atoms with E-state index in [1.165, 1.54) is 22.5 Å². The molecule has 2 nitrogen and oxygen atoms in total. The molecule has 2 aromatic rings. The molecule has 0 spiro atoms. The predicted octanol–water partition coefficient (Wildman–Crippen LogP) is 4.45. The Morgan fingerprint density at radius 2 is 1.71 bits per heavy atom. The van der Waals surface area contributed by atoms with Gasteiger partial charge < -0.3 is 4.90 Å². The third-order valence-corrected chi connectivity index (χ3v) is 3.91. The molecule has 21 heavy (non-hydrogen) atoms. The summed E-state index contributed by atoms with van der Waals surface area (Å²) in [7, 11) is 2.13. The lowest BCUT2D eigenvalue weighted by atomic mass is 9.95. The zero-order valence-corrected chi connectivity index (χ0v) is 13.3. The van der Waals surface area contributed by atoms with Crippen LogP contribution in [-0.4, -0.2) is 17.8 Å². The van der Waals surface area contributed by atoms with Crippen LogP contribution in [0.1, 0.15) is 36.1 Å². The molecule has 0 bridgehead atoms. The van der Waals surface area contributed by atoms with Gasteiger partial charge >= 0.3 is 0 Å². The Bertz CT molecular complexity index is 622. The molecule has 0 fully saturated rings. The third-order valence-electron chi connectivity index (χ3n) is 3.91. The Morgan fingerprint density at radius 1 is 1.05 bits per heavy atom. The molecule has 110 valence electrons. The van der Waals surface area contributed by atoms with Crippen LogP contribution in [-0.2, 0) is 6.54 Å². The summed E-state index contributed by atoms with van der Waals surface area (Å²) >= 11 is 0. The van der Waals surface area contributed by atoms with E-state index < -0.39 is 0 Å². The maximum Gasteiger partial charge on any atom is 0.102 e. The molecular weight excluding hydrogens is 280 g/mol. The van der Waals surface area contributed by atoms with Gasteiger partial charge in [-0.3, -0.25) is 4.99 Å². The van der Waals surface area contributed by atoms with Crippen LogP contribution in [0.25, 0.3) is 0 Å². The molecule has 1 aliphatic rings. The maximum absolute atomic E-state index is 5.03. The number of hydrogen-bond donors (Lipinski definition) is 0. The summed E-state index contributed by atoms with van der Waals surface area (Å²) in [5, 5.41) is 0. The van der Waals surface area contributed by atoms with E-state index in [0.29, 0.717) is 0 Å². The highest BCUT2D eigenvalue weighted by molar-refractivity contribution is 5.85. The van der Waals surface area contributed by atoms with Crippen molar-refractivity contribution in [3.63, 3.8) is 0 Å². The zero-order valence-electron chi connectivity index (χ0n) is 12.5. The van der Waals surface area contributed by atoms with Crippen molar-refractivity contribution in [1.82, 2.24) is 4.90 Å². The van der Waals surface area contributed by atoms with Crippen molar-refractivity contribution in [3.05, 3.63) is 71.3 Å². The normalized spacial score (nSPS) is 17.3. The molecule has 3 rings (SSSR count). The Labute approximate surface area is 132 Å². The van der Waals surface area contributed by atoms with E-state index in [9.17, 15) is 0 Å². The van der Waals surface area contributed by atoms with Crippen LogP contribution in [0, 0.1) is 0 Å². The lowest BCUT2D eigenvalue weighted by molar-refractivity contribution is 0.493. The van der Waals surface area contributed by atoms with Crippen LogP contribution in [0.5, 0.6) is 0 Å². The van der Waals surface area contributed by atoms with Gasteiger partial charge in [0.2, 0.25) is 0 Å². The van der Waals surface area contributed by atoms with Gasteiger partial charge in [-0.15, -0.1) is 12.4 Å². The molecule has 0 aromatic heterocycles. The number of amidine groups is 1. The highest BCUT2D eigenvalue weighted by Gasteiger charge is 2.22. The Hall–Kier alpha value is -1.80. The first-order chi connectivity index (χ1) is 9.79. The van der Waals surface area contributed by atoms with Crippen molar-refractivity contribution in [1.29, 1.82) is 0 Å². The van der Waals surface area contributed by atoms with Gasteiger partial charge in [0.05, 0.1) is 5.84 Å². The predicted molar refractivity (Wildman–Crippen MR) is 91.2 cm³/mol. The number of aliphatic imine (C=N–C) groups is 1. The zero-order chi connectivity index (χ0) is 13.9. The summed E-state index contributed by atoms with van der Waals surface area (Å²) in [6.07, 6.45) is 0.966. The second-order valence-electron chi connectivity index (χ2n) is 5.27. The lowest BCUT2D eigenvalue weighted by Gasteiger charge is -2.18. The van der Waals surface area contributed by atoms with Crippen molar-refractivity contribution >= 4 is 18.2 Å². The quantitative estimate of drug-likeness (QED) is 0.800. The minimum absolute atomic E-state index is 0. The first-order valence-electron chi connectivity index (χ1n) is 7.20. The molecule has 0 radical (unpaired) electrons. The van der Waals surface area contributed by atoms with Crippen LogP contribution in [0.3, 0.4) is 0 Å². The lowest BCUT2D eigenvalue weighted by Crippen LogP contribution is -2.24. The number of hydrogen-bond acceptors (Lipinski definition) is 2. The van der Waals surface area contributed by atoms with Gasteiger partial charge in [0.15, 0.2) is 0 Å². The molecule has 0 saturated carbocycles. The minimum atomic E-state index is 0. The monoisotopic (exact) mass is 300 g/mol. The standard InChI is InChI=1S/C18H20N2.ClH/c1-3-17-19-18(14-9-5-4-6-10-14)16-12-8-7-11-15(16)13-20(17)2;/h4-12,18H,3,13H2,1-2H3;1H. The number of fused-ring (bicyclic) bond motifs is 1. The average molecular weight is 301 g/mol. The molecule has 0 amide bonds. The summed E-state index contributed by atoms with van der Waals surface area (Å²) < 4.78 is 0. The summed E-state index contributed by atoms with van der Waals surface area (Å²) in [5.74, 6) is 1.18. The molecule has 1 unspecified atom stereocenters. The fraction of sp³-hybridized carbons (Fsp3) is 0.278. The van der Waals surface area contributed by atoms with Crippen LogP contribution in [0.15, 0.2) is 59.6 Å². The molecule has 0 aliphatic carbocycles. The molecular formula is C18H21ClN2. The van der Waals surface area contributed by atoms with E-state index in [1.807, 2.05) is 0 Å². The molecule has 0 saturated heterocycles. The van der Waals surface area contributed by atoms with Crippen molar-refractivity contribution in [2.75, 3.05) is 7.05 Å². The Morgan fingerprint density at radius 3 is 2.43 bits per heavy atom. The highest BCUT2D eigenvalue weighted by atomic mass is 35.5. The Kier molecular flexibility index (Phi) is 5.03. The van der Waals surface area contributed by atoms with E-state index >= 15 is 0 Å². The first-order valence-corrected chi connectivity index (χ1v) is 7.20. The third kappa shape index (κ3) is 3.11. The number of nitrogens with zero attached hydrogens (tertiary/aromatic N) is 2. The minimum Gasteiger partial charge on any atom is -0.359 e. The van der Waals surface area contributed by atoms with E-state index in [0.717, 1.165) is 13.0 Å². The Balaban J connectivity index is 0.00000161. The second kappa shape index (κ2) is 6.77. The van der Waals surface area contributed by atoms with Crippen LogP contribution < -0.4 is 0 Å². The van der Waals surface area contributed by atoms with Gasteiger partial charge in [-0.1, -0.05) is 61.5 Å². The highest BCUT2D eigenvalue weighted by Crippen LogP contribution is 2.32. The maximum atomic E-state index is 5.03. The molecule has 0 N–H and O–H groups in total. The largest absolute Gasteiger partial charge is 0.359 e. The molecule has 1 aliphatic heterocycles. The van der Waals surface area contributed by atoms with Gasteiger partial charge in [-0.05, 0) is 16.7 Å². The fourth-order valence-electron chi connectivity index (χ4n) is 2.86. The fourth-order valence-corrected chi connectivity index (χ4v) is 2.86. The van der Waals surface area contributed by atoms with Crippen molar-refractivity contribution in [3.8, 4) is 0 Å². The molecule has 3 heteroatoms. The smallest absolute Gasteiger partial charge is 0.102 e. The van der Waals surface area contributed by atoms with Crippen molar-refractivity contribution in [2.45, 2.75) is 25.9 Å². The van der Waals surface area contributed by atoms with Crippen LogP contribution in [0.4, 0.5) is 0 Å². The SMILES string of the molecule is CCC1=NC(c2ccccc2)c2ccccc2CN1C.Cl. The van der Waals surface area contributed by atoms with E-state index in [4.69, 9.17) is 4.99 Å². The number of benzene rings is 2. The molecule has 2 aromatic carbocycles. The van der Waals surface area contributed by atoms with Crippen LogP contribution >= 0.6 is 12.4 Å². The average Bonchev–Trinajstić information content (AvgIpc) is 2.64. The molecule has 1 heterocycles. The van der Waals surface area contributed by atoms with Gasteiger partial charge in [-0.2, -0.15) is 0 Å². The van der Waals surface area contributed by atoms with Gasteiger partial charge in [0, 0.05) is 20.0 Å². The topological polar surface area (TPSA) is 15.6 Å². The summed E-state index contributed by atoms with van der Waals surface area (Å²) in [4.78, 5) is 7.29. The van der Waals surface area contributed by atoms with Gasteiger partial charge in [-0.25, -0.2) is 0 Å². The number of rotatable bonds is 2. The second-order valence-corrected chi connectivity index (χ2v) is 5.27. The molecule has 1 atom stereocenters. The van der Waals surface area contributed by atoms with E-state index in [1.54, 1.807) is 0 Å². The van der Waals surface area contributed by atoms with Gasteiger partial charge in [0.1, 0.15) is 6.04 Å². The number of halogens is 1. The van der Waals surface area contributed by atoms with Crippen molar-refractivity contribution < 1.29 is 0 Å². The van der Waals surface area contributed by atoms with E-state index in [2.05, 4.69) is 73.5 Å². The summed E-state index contributed by atoms with van der Waals surface area (Å²) in [5.41, 5.74) is 3.96. The van der Waals surface area contributed by atoms with Crippen molar-refractivity contribution in [2.24, 2.45) is 4.99 Å².